The maximum atomic E-state index is 10.1. The van der Waals surface area contributed by atoms with Gasteiger partial charge in [-0.25, -0.2) is 9.79 Å². The van der Waals surface area contributed by atoms with Crippen LogP contribution in [0.5, 0.6) is 0 Å². The summed E-state index contributed by atoms with van der Waals surface area (Å²) in [4.78, 5) is 16.5. The van der Waals surface area contributed by atoms with E-state index in [0.717, 1.165) is 25.6 Å². The normalized spacial score (nSPS) is 30.1. The van der Waals surface area contributed by atoms with Gasteiger partial charge in [0, 0.05) is 19.1 Å². The lowest BCUT2D eigenvalue weighted by molar-refractivity contribution is 0.189. The summed E-state index contributed by atoms with van der Waals surface area (Å²) in [5, 5.41) is 0. The lowest BCUT2D eigenvalue weighted by Crippen LogP contribution is -2.35. The molecular weight excluding hydrogens is 176 g/mol. The smallest absolute Gasteiger partial charge is 0.235 e. The van der Waals surface area contributed by atoms with Crippen LogP contribution in [0.4, 0.5) is 0 Å². The Balaban J connectivity index is 1.84. The average molecular weight is 194 g/mol. The van der Waals surface area contributed by atoms with Crippen molar-refractivity contribution in [3.63, 3.8) is 0 Å². The van der Waals surface area contributed by atoms with E-state index in [-0.39, 0.29) is 6.04 Å². The first kappa shape index (κ1) is 9.88. The maximum Gasteiger partial charge on any atom is 0.235 e. The zero-order valence-electron chi connectivity index (χ0n) is 8.61. The minimum absolute atomic E-state index is 0.231. The summed E-state index contributed by atoms with van der Waals surface area (Å²) in [5.41, 5.74) is 0. The fourth-order valence-electron chi connectivity index (χ4n) is 2.73. The molecule has 1 saturated heterocycles. The number of hydrogen-bond donors (Lipinski definition) is 0. The second-order valence-corrected chi connectivity index (χ2v) is 4.45. The average Bonchev–Trinajstić information content (AvgIpc) is 2.68. The van der Waals surface area contributed by atoms with E-state index in [4.69, 9.17) is 0 Å². The van der Waals surface area contributed by atoms with Crippen LogP contribution < -0.4 is 0 Å². The van der Waals surface area contributed by atoms with Gasteiger partial charge in [-0.1, -0.05) is 19.3 Å². The summed E-state index contributed by atoms with van der Waals surface area (Å²) < 4.78 is 0. The third-order valence-corrected chi connectivity index (χ3v) is 3.52. The fraction of sp³-hybridized carbons (Fsp3) is 0.909. The van der Waals surface area contributed by atoms with E-state index < -0.39 is 0 Å². The SMILES string of the molecule is O=C=NC1CCN(C2CCCCC2)C1. The molecule has 1 saturated carbocycles. The molecule has 14 heavy (non-hydrogen) atoms. The van der Waals surface area contributed by atoms with Crippen LogP contribution in [0.25, 0.3) is 0 Å². The van der Waals surface area contributed by atoms with E-state index in [1.807, 2.05) is 0 Å². The highest BCUT2D eigenvalue weighted by molar-refractivity contribution is 5.33. The first-order valence-corrected chi connectivity index (χ1v) is 5.71. The Hall–Kier alpha value is -0.660. The highest BCUT2D eigenvalue weighted by Crippen LogP contribution is 2.26. The predicted molar refractivity (Wildman–Crippen MR) is 55.0 cm³/mol. The van der Waals surface area contributed by atoms with Crippen LogP contribution in [-0.2, 0) is 4.79 Å². The van der Waals surface area contributed by atoms with Gasteiger partial charge < -0.3 is 0 Å². The monoisotopic (exact) mass is 194 g/mol. The minimum Gasteiger partial charge on any atom is -0.298 e. The molecule has 3 heteroatoms. The fourth-order valence-corrected chi connectivity index (χ4v) is 2.73. The highest BCUT2D eigenvalue weighted by atomic mass is 16.1. The highest BCUT2D eigenvalue weighted by Gasteiger charge is 2.28. The van der Waals surface area contributed by atoms with E-state index in [1.165, 1.54) is 32.1 Å². The van der Waals surface area contributed by atoms with Crippen molar-refractivity contribution in [2.24, 2.45) is 4.99 Å². The Bertz CT molecular complexity index is 229. The third-order valence-electron chi connectivity index (χ3n) is 3.52. The molecule has 78 valence electrons. The molecule has 0 amide bonds. The first-order valence-electron chi connectivity index (χ1n) is 5.71. The Morgan fingerprint density at radius 1 is 1.14 bits per heavy atom. The predicted octanol–water partition coefficient (Wildman–Crippen LogP) is 1.73. The molecular formula is C11H18N2O. The molecule has 0 bridgehead atoms. The van der Waals surface area contributed by atoms with Gasteiger partial charge in [-0.3, -0.25) is 4.90 Å². The van der Waals surface area contributed by atoms with Gasteiger partial charge in [-0.2, -0.15) is 0 Å². The summed E-state index contributed by atoms with van der Waals surface area (Å²) in [7, 11) is 0. The van der Waals surface area contributed by atoms with Crippen molar-refractivity contribution in [2.75, 3.05) is 13.1 Å². The number of nitrogens with zero attached hydrogens (tertiary/aromatic N) is 2. The number of aliphatic imine (C=N–C) groups is 1. The Kier molecular flexibility index (Phi) is 3.33. The molecule has 1 unspecified atom stereocenters. The van der Waals surface area contributed by atoms with E-state index in [2.05, 4.69) is 9.89 Å². The van der Waals surface area contributed by atoms with Gasteiger partial charge in [-0.05, 0) is 19.3 Å². The molecule has 3 nitrogen and oxygen atoms in total. The Morgan fingerprint density at radius 3 is 2.64 bits per heavy atom. The summed E-state index contributed by atoms with van der Waals surface area (Å²) in [6, 6.07) is 1.00. The molecule has 0 spiro atoms. The van der Waals surface area contributed by atoms with Gasteiger partial charge in [0.15, 0.2) is 0 Å². The zero-order valence-corrected chi connectivity index (χ0v) is 8.61. The van der Waals surface area contributed by atoms with Gasteiger partial charge >= 0.3 is 0 Å². The first-order chi connectivity index (χ1) is 6.90. The lowest BCUT2D eigenvalue weighted by Gasteiger charge is -2.30. The van der Waals surface area contributed by atoms with Gasteiger partial charge in [0.25, 0.3) is 0 Å². The molecule has 0 N–H and O–H groups in total. The molecule has 1 heterocycles. The summed E-state index contributed by atoms with van der Waals surface area (Å²) in [6.07, 6.45) is 9.58. The molecule has 2 aliphatic rings. The van der Waals surface area contributed by atoms with Crippen molar-refractivity contribution in [2.45, 2.75) is 50.6 Å². The van der Waals surface area contributed by atoms with Crippen molar-refractivity contribution in [1.82, 2.24) is 4.90 Å². The van der Waals surface area contributed by atoms with Crippen LogP contribution in [0, 0.1) is 0 Å². The van der Waals surface area contributed by atoms with Gasteiger partial charge in [0.2, 0.25) is 6.08 Å². The second kappa shape index (κ2) is 4.72. The molecule has 2 rings (SSSR count). The molecule has 2 fully saturated rings. The van der Waals surface area contributed by atoms with E-state index in [0.29, 0.717) is 0 Å². The second-order valence-electron chi connectivity index (χ2n) is 4.45. The van der Waals surface area contributed by atoms with Crippen LogP contribution in [0.15, 0.2) is 4.99 Å². The van der Waals surface area contributed by atoms with Crippen LogP contribution in [0.2, 0.25) is 0 Å². The summed E-state index contributed by atoms with van der Waals surface area (Å²) >= 11 is 0. The van der Waals surface area contributed by atoms with E-state index in [9.17, 15) is 4.79 Å². The molecule has 0 aromatic carbocycles. The van der Waals surface area contributed by atoms with Crippen LogP contribution in [0.3, 0.4) is 0 Å². The summed E-state index contributed by atoms with van der Waals surface area (Å²) in [5.74, 6) is 0. The largest absolute Gasteiger partial charge is 0.298 e. The van der Waals surface area contributed by atoms with Crippen LogP contribution >= 0.6 is 0 Å². The van der Waals surface area contributed by atoms with E-state index in [1.54, 1.807) is 6.08 Å². The number of hydrogen-bond acceptors (Lipinski definition) is 3. The molecule has 1 aliphatic heterocycles. The van der Waals surface area contributed by atoms with Crippen molar-refractivity contribution in [3.05, 3.63) is 0 Å². The topological polar surface area (TPSA) is 32.7 Å². The molecule has 1 atom stereocenters. The lowest BCUT2D eigenvalue weighted by atomic mass is 9.94. The van der Waals surface area contributed by atoms with Crippen LogP contribution in [-0.4, -0.2) is 36.2 Å². The molecule has 0 aromatic rings. The number of isocyanates is 1. The molecule has 0 aromatic heterocycles. The summed E-state index contributed by atoms with van der Waals surface area (Å²) in [6.45, 7) is 2.11. The zero-order chi connectivity index (χ0) is 9.80. The van der Waals surface area contributed by atoms with Crippen LogP contribution in [0.1, 0.15) is 38.5 Å². The molecule has 0 radical (unpaired) electrons. The molecule has 1 aliphatic carbocycles. The van der Waals surface area contributed by atoms with Gasteiger partial charge in [0.1, 0.15) is 0 Å². The van der Waals surface area contributed by atoms with Crippen molar-refractivity contribution < 1.29 is 4.79 Å². The Labute approximate surface area is 85.2 Å². The standard InChI is InChI=1S/C11H18N2O/c14-9-12-10-6-7-13(8-10)11-4-2-1-3-5-11/h10-11H,1-8H2. The minimum atomic E-state index is 0.231. The Morgan fingerprint density at radius 2 is 1.93 bits per heavy atom. The maximum absolute atomic E-state index is 10.1. The van der Waals surface area contributed by atoms with Crippen molar-refractivity contribution in [1.29, 1.82) is 0 Å². The number of likely N-dealkylation sites (tertiary alicyclic amines) is 1. The quantitative estimate of drug-likeness (QED) is 0.495. The van der Waals surface area contributed by atoms with Gasteiger partial charge in [-0.15, -0.1) is 0 Å². The van der Waals surface area contributed by atoms with Gasteiger partial charge in [0.05, 0.1) is 6.04 Å². The van der Waals surface area contributed by atoms with Crippen molar-refractivity contribution >= 4 is 6.08 Å². The third kappa shape index (κ3) is 2.23. The number of carbonyl (C=O) groups excluding carboxylic acids is 1. The van der Waals surface area contributed by atoms with E-state index >= 15 is 0 Å². The number of rotatable bonds is 2. The van der Waals surface area contributed by atoms with Crippen molar-refractivity contribution in [3.8, 4) is 0 Å².